The average molecular weight is 260 g/mol. The van der Waals surface area contributed by atoms with Crippen LogP contribution in [-0.2, 0) is 9.53 Å². The molecular formula is C13H12N2O4. The molecule has 1 rings (SSSR count). The third kappa shape index (κ3) is 4.24. The van der Waals surface area contributed by atoms with Crippen LogP contribution in [-0.4, -0.2) is 17.5 Å². The van der Waals surface area contributed by atoms with E-state index in [1.807, 2.05) is 0 Å². The fourth-order valence-corrected chi connectivity index (χ4v) is 1.41. The molecular weight excluding hydrogens is 248 g/mol. The summed E-state index contributed by atoms with van der Waals surface area (Å²) < 4.78 is 4.74. The number of carbonyl (C=O) groups excluding carboxylic acids is 1. The van der Waals surface area contributed by atoms with Crippen LogP contribution >= 0.6 is 0 Å². The topological polar surface area (TPSA) is 93.2 Å². The third-order valence-corrected chi connectivity index (χ3v) is 2.24. The number of nitrogens with zero attached hydrogens (tertiary/aromatic N) is 2. The van der Waals surface area contributed by atoms with Crippen molar-refractivity contribution in [1.29, 1.82) is 5.26 Å². The number of nitro groups is 1. The van der Waals surface area contributed by atoms with Gasteiger partial charge in [0, 0.05) is 6.07 Å². The van der Waals surface area contributed by atoms with Crippen molar-refractivity contribution in [1.82, 2.24) is 0 Å². The maximum absolute atomic E-state index is 11.1. The second kappa shape index (κ2) is 6.91. The van der Waals surface area contributed by atoms with Crippen molar-refractivity contribution in [2.24, 2.45) is 0 Å². The smallest absolute Gasteiger partial charge is 0.309 e. The number of esters is 1. The Kier molecular flexibility index (Phi) is 5.23. The Morgan fingerprint density at radius 3 is 2.89 bits per heavy atom. The van der Waals surface area contributed by atoms with Gasteiger partial charge in [0.15, 0.2) is 0 Å². The van der Waals surface area contributed by atoms with Crippen molar-refractivity contribution in [3.63, 3.8) is 0 Å². The first-order valence-electron chi connectivity index (χ1n) is 5.59. The van der Waals surface area contributed by atoms with Crippen molar-refractivity contribution in [3.05, 3.63) is 45.5 Å². The van der Waals surface area contributed by atoms with E-state index in [1.54, 1.807) is 31.2 Å². The summed E-state index contributed by atoms with van der Waals surface area (Å²) in [7, 11) is 0. The highest BCUT2D eigenvalue weighted by molar-refractivity contribution is 5.73. The van der Waals surface area contributed by atoms with Crippen LogP contribution in [0.1, 0.15) is 24.5 Å². The molecule has 0 saturated carbocycles. The van der Waals surface area contributed by atoms with Gasteiger partial charge < -0.3 is 4.74 Å². The number of hydrogen-bond donors (Lipinski definition) is 0. The molecule has 1 aromatic rings. The Labute approximate surface area is 110 Å². The minimum Gasteiger partial charge on any atom is -0.466 e. The molecule has 0 aliphatic heterocycles. The first-order valence-corrected chi connectivity index (χ1v) is 5.59. The van der Waals surface area contributed by atoms with E-state index in [4.69, 9.17) is 10.00 Å². The second-order valence-corrected chi connectivity index (χ2v) is 3.56. The molecule has 0 atom stereocenters. The fraction of sp³-hybridized carbons (Fsp3) is 0.231. The molecule has 1 aromatic carbocycles. The van der Waals surface area contributed by atoms with Crippen LogP contribution in [0.2, 0.25) is 0 Å². The van der Waals surface area contributed by atoms with E-state index in [-0.39, 0.29) is 23.6 Å². The summed E-state index contributed by atoms with van der Waals surface area (Å²) in [5.74, 6) is -0.359. The van der Waals surface area contributed by atoms with Crippen LogP contribution in [0.5, 0.6) is 0 Å². The third-order valence-electron chi connectivity index (χ3n) is 2.24. The van der Waals surface area contributed by atoms with E-state index in [0.29, 0.717) is 12.2 Å². The molecule has 0 N–H and O–H groups in total. The SMILES string of the molecule is CCOC(=O)CC=Cc1ccc(C#N)c([N+](=O)[O-])c1. The largest absolute Gasteiger partial charge is 0.466 e. The van der Waals surface area contributed by atoms with Crippen molar-refractivity contribution < 1.29 is 14.5 Å². The number of nitro benzene ring substituents is 1. The Morgan fingerprint density at radius 2 is 2.32 bits per heavy atom. The first-order chi connectivity index (χ1) is 9.08. The summed E-state index contributed by atoms with van der Waals surface area (Å²) in [5, 5.41) is 19.5. The summed E-state index contributed by atoms with van der Waals surface area (Å²) in [6.45, 7) is 2.03. The maximum Gasteiger partial charge on any atom is 0.309 e. The summed E-state index contributed by atoms with van der Waals surface area (Å²) in [5.41, 5.74) is 0.309. The van der Waals surface area contributed by atoms with Crippen LogP contribution in [0.15, 0.2) is 24.3 Å². The number of nitriles is 1. The molecule has 0 saturated heterocycles. The van der Waals surface area contributed by atoms with Crippen LogP contribution in [0.4, 0.5) is 5.69 Å². The van der Waals surface area contributed by atoms with Gasteiger partial charge in [-0.25, -0.2) is 0 Å². The van der Waals surface area contributed by atoms with Crippen molar-refractivity contribution in [2.45, 2.75) is 13.3 Å². The predicted octanol–water partition coefficient (Wildman–Crippen LogP) is 2.43. The molecule has 0 radical (unpaired) electrons. The van der Waals surface area contributed by atoms with Crippen molar-refractivity contribution >= 4 is 17.7 Å². The van der Waals surface area contributed by atoms with Gasteiger partial charge in [-0.1, -0.05) is 18.2 Å². The van der Waals surface area contributed by atoms with Gasteiger partial charge in [-0.15, -0.1) is 0 Å². The zero-order valence-electron chi connectivity index (χ0n) is 10.3. The number of benzene rings is 1. The minimum atomic E-state index is -0.610. The first kappa shape index (κ1) is 14.4. The lowest BCUT2D eigenvalue weighted by atomic mass is 10.1. The molecule has 0 aliphatic rings. The summed E-state index contributed by atoms with van der Waals surface area (Å²) in [4.78, 5) is 21.2. The molecule has 0 aromatic heterocycles. The molecule has 0 heterocycles. The number of rotatable bonds is 5. The van der Waals surface area contributed by atoms with Crippen LogP contribution < -0.4 is 0 Å². The van der Waals surface area contributed by atoms with Gasteiger partial charge in [0.2, 0.25) is 0 Å². The van der Waals surface area contributed by atoms with Crippen LogP contribution in [0.3, 0.4) is 0 Å². The maximum atomic E-state index is 11.1. The highest BCUT2D eigenvalue weighted by Crippen LogP contribution is 2.20. The Balaban J connectivity index is 2.83. The molecule has 98 valence electrons. The van der Waals surface area contributed by atoms with Gasteiger partial charge in [0.1, 0.15) is 11.6 Å². The molecule has 0 fully saturated rings. The van der Waals surface area contributed by atoms with Gasteiger partial charge >= 0.3 is 5.97 Å². The van der Waals surface area contributed by atoms with Gasteiger partial charge in [-0.3, -0.25) is 14.9 Å². The molecule has 0 aliphatic carbocycles. The zero-order chi connectivity index (χ0) is 14.3. The molecule has 0 bridgehead atoms. The fourth-order valence-electron chi connectivity index (χ4n) is 1.41. The average Bonchev–Trinajstić information content (AvgIpc) is 2.38. The molecule has 6 nitrogen and oxygen atoms in total. The van der Waals surface area contributed by atoms with Gasteiger partial charge in [-0.2, -0.15) is 5.26 Å². The second-order valence-electron chi connectivity index (χ2n) is 3.56. The Hall–Kier alpha value is -2.68. The molecule has 0 amide bonds. The van der Waals surface area contributed by atoms with E-state index in [9.17, 15) is 14.9 Å². The van der Waals surface area contributed by atoms with Gasteiger partial charge in [0.05, 0.1) is 18.0 Å². The summed E-state index contributed by atoms with van der Waals surface area (Å²) in [6, 6.07) is 6.00. The van der Waals surface area contributed by atoms with Crippen LogP contribution in [0, 0.1) is 21.4 Å². The van der Waals surface area contributed by atoms with Crippen LogP contribution in [0.25, 0.3) is 6.08 Å². The predicted molar refractivity (Wildman–Crippen MR) is 68.1 cm³/mol. The number of ether oxygens (including phenoxy) is 1. The lowest BCUT2D eigenvalue weighted by Crippen LogP contribution is -2.01. The lowest BCUT2D eigenvalue weighted by Gasteiger charge is -1.98. The Bertz CT molecular complexity index is 558. The molecule has 0 spiro atoms. The van der Waals surface area contributed by atoms with Crippen molar-refractivity contribution in [2.75, 3.05) is 6.61 Å². The zero-order valence-corrected chi connectivity index (χ0v) is 10.3. The van der Waals surface area contributed by atoms with E-state index >= 15 is 0 Å². The minimum absolute atomic E-state index is 0.00698. The van der Waals surface area contributed by atoms with Crippen molar-refractivity contribution in [3.8, 4) is 6.07 Å². The van der Waals surface area contributed by atoms with E-state index in [2.05, 4.69) is 0 Å². The Morgan fingerprint density at radius 1 is 1.58 bits per heavy atom. The summed E-state index contributed by atoms with van der Waals surface area (Å²) in [6.07, 6.45) is 3.23. The number of carbonyl (C=O) groups is 1. The van der Waals surface area contributed by atoms with E-state index < -0.39 is 4.92 Å². The molecule has 0 unspecified atom stereocenters. The molecule has 19 heavy (non-hydrogen) atoms. The normalized spacial score (nSPS) is 10.1. The highest BCUT2D eigenvalue weighted by Gasteiger charge is 2.13. The lowest BCUT2D eigenvalue weighted by molar-refractivity contribution is -0.385. The molecule has 6 heteroatoms. The standard InChI is InChI=1S/C13H12N2O4/c1-2-19-13(16)5-3-4-10-6-7-11(9-14)12(8-10)15(17)18/h3-4,6-8H,2,5H2,1H3. The van der Waals surface area contributed by atoms with E-state index in [0.717, 1.165) is 0 Å². The summed E-state index contributed by atoms with van der Waals surface area (Å²) >= 11 is 0. The van der Waals surface area contributed by atoms with Gasteiger partial charge in [-0.05, 0) is 18.6 Å². The highest BCUT2D eigenvalue weighted by atomic mass is 16.6. The quantitative estimate of drug-likeness (QED) is 0.460. The number of hydrogen-bond acceptors (Lipinski definition) is 5. The van der Waals surface area contributed by atoms with E-state index in [1.165, 1.54) is 12.1 Å². The van der Waals surface area contributed by atoms with Gasteiger partial charge in [0.25, 0.3) is 5.69 Å². The monoisotopic (exact) mass is 260 g/mol.